The molecule has 0 unspecified atom stereocenters. The normalized spacial score (nSPS) is 11.3. The highest BCUT2D eigenvalue weighted by molar-refractivity contribution is 7.16. The number of phenols is 1. The van der Waals surface area contributed by atoms with Gasteiger partial charge in [0.1, 0.15) is 11.3 Å². The molecule has 1 heterocycles. The first-order chi connectivity index (χ1) is 14.6. The molecule has 0 aliphatic carbocycles. The molecule has 0 aliphatic heterocycles. The third-order valence-corrected chi connectivity index (χ3v) is 5.87. The number of para-hydroxylation sites is 1. The van der Waals surface area contributed by atoms with Gasteiger partial charge in [0.25, 0.3) is 0 Å². The topological polar surface area (TPSA) is 112 Å². The van der Waals surface area contributed by atoms with E-state index in [2.05, 4.69) is 15.6 Å². The summed E-state index contributed by atoms with van der Waals surface area (Å²) in [5, 5.41) is 16.6. The lowest BCUT2D eigenvalue weighted by molar-refractivity contribution is 0.139. The molecule has 1 aromatic heterocycles. The second-order valence-electron chi connectivity index (χ2n) is 7.13. The number of nitrogens with two attached hydrogens (primary N) is 1. The quantitative estimate of drug-likeness (QED) is 0.210. The van der Waals surface area contributed by atoms with Crippen molar-refractivity contribution < 1.29 is 9.84 Å². The number of H-pyrrole nitrogens is 1. The Morgan fingerprint density at radius 2 is 1.77 bits per heavy atom. The number of hydrogen-bond donors (Lipinski definition) is 5. The lowest BCUT2D eigenvalue weighted by atomic mass is 10.1. The van der Waals surface area contributed by atoms with Crippen molar-refractivity contribution in [1.29, 1.82) is 0 Å². The molecule has 8 heteroatoms. The summed E-state index contributed by atoms with van der Waals surface area (Å²) in [5.41, 5.74) is 9.49. The van der Waals surface area contributed by atoms with Crippen LogP contribution in [0.4, 0.5) is 5.69 Å². The van der Waals surface area contributed by atoms with E-state index < -0.39 is 0 Å². The smallest absolute Gasteiger partial charge is 0.305 e. The fraction of sp³-hybridized carbons (Fsp3) is 0.409. The number of anilines is 1. The monoisotopic (exact) mass is 430 g/mol. The maximum Gasteiger partial charge on any atom is 0.305 e. The molecule has 7 nitrogen and oxygen atoms in total. The van der Waals surface area contributed by atoms with Crippen LogP contribution in [-0.2, 0) is 17.6 Å². The summed E-state index contributed by atoms with van der Waals surface area (Å²) in [4.78, 5) is 14.1. The number of nitrogens with one attached hydrogen (secondary N) is 3. The van der Waals surface area contributed by atoms with E-state index in [9.17, 15) is 9.90 Å². The minimum Gasteiger partial charge on any atom is -0.506 e. The van der Waals surface area contributed by atoms with Gasteiger partial charge in [-0.1, -0.05) is 35.6 Å². The summed E-state index contributed by atoms with van der Waals surface area (Å²) in [6.07, 6.45) is 2.68. The summed E-state index contributed by atoms with van der Waals surface area (Å²) in [6.45, 7) is 4.89. The minimum atomic E-state index is -0.139. The van der Waals surface area contributed by atoms with Crippen molar-refractivity contribution >= 4 is 27.2 Å². The Labute approximate surface area is 180 Å². The molecule has 3 rings (SSSR count). The van der Waals surface area contributed by atoms with Crippen molar-refractivity contribution in [3.63, 3.8) is 0 Å². The molecule has 2 aromatic carbocycles. The Morgan fingerprint density at radius 3 is 2.60 bits per heavy atom. The van der Waals surface area contributed by atoms with Crippen LogP contribution < -0.4 is 21.2 Å². The Bertz CT molecular complexity index is 986. The molecule has 0 radical (unpaired) electrons. The van der Waals surface area contributed by atoms with Crippen molar-refractivity contribution in [2.45, 2.75) is 19.3 Å². The van der Waals surface area contributed by atoms with Crippen LogP contribution in [0.25, 0.3) is 10.2 Å². The summed E-state index contributed by atoms with van der Waals surface area (Å²) in [6, 6.07) is 11.4. The van der Waals surface area contributed by atoms with E-state index in [1.54, 1.807) is 6.07 Å². The van der Waals surface area contributed by atoms with Gasteiger partial charge >= 0.3 is 4.87 Å². The van der Waals surface area contributed by atoms with Gasteiger partial charge in [-0.3, -0.25) is 4.79 Å². The number of thiazole rings is 1. The van der Waals surface area contributed by atoms with Gasteiger partial charge in [0, 0.05) is 12.2 Å². The Hall–Kier alpha value is -2.39. The second kappa shape index (κ2) is 11.7. The fourth-order valence-electron chi connectivity index (χ4n) is 3.27. The van der Waals surface area contributed by atoms with Gasteiger partial charge < -0.3 is 31.2 Å². The van der Waals surface area contributed by atoms with Gasteiger partial charge in [-0.25, -0.2) is 0 Å². The molecule has 0 fully saturated rings. The molecule has 0 saturated heterocycles. The lowest BCUT2D eigenvalue weighted by Gasteiger charge is -2.09. The van der Waals surface area contributed by atoms with Crippen LogP contribution in [0.2, 0.25) is 0 Å². The average Bonchev–Trinajstić information content (AvgIpc) is 3.14. The molecule has 162 valence electrons. The number of aromatic hydroxyl groups is 1. The highest BCUT2D eigenvalue weighted by Gasteiger charge is 2.09. The standard InChI is InChI=1S/C22H30N4O3S/c23-18-5-2-1-4-16(18)9-14-29-15-13-25-11-3-10-24-12-8-17-6-7-19(27)20-21(17)30-22(28)26-20/h1-2,4-7,24-25,27H,3,8-15,23H2,(H,26,28). The van der Waals surface area contributed by atoms with Crippen LogP contribution in [0.3, 0.4) is 0 Å². The zero-order chi connectivity index (χ0) is 21.2. The molecular weight excluding hydrogens is 400 g/mol. The molecule has 0 aliphatic rings. The van der Waals surface area contributed by atoms with Gasteiger partial charge in [-0.15, -0.1) is 0 Å². The van der Waals surface area contributed by atoms with Gasteiger partial charge in [0.15, 0.2) is 0 Å². The summed E-state index contributed by atoms with van der Waals surface area (Å²) >= 11 is 1.15. The summed E-state index contributed by atoms with van der Waals surface area (Å²) in [5.74, 6) is 0.124. The lowest BCUT2D eigenvalue weighted by Crippen LogP contribution is -2.26. The maximum atomic E-state index is 11.5. The first-order valence-electron chi connectivity index (χ1n) is 10.3. The van der Waals surface area contributed by atoms with E-state index in [4.69, 9.17) is 10.5 Å². The van der Waals surface area contributed by atoms with Gasteiger partial charge in [0.2, 0.25) is 0 Å². The molecule has 0 spiro atoms. The number of nitrogen functional groups attached to an aromatic ring is 1. The largest absolute Gasteiger partial charge is 0.506 e. The molecule has 0 saturated carbocycles. The van der Waals surface area contributed by atoms with Crippen molar-refractivity contribution in [2.24, 2.45) is 0 Å². The molecular formula is C22H30N4O3S. The van der Waals surface area contributed by atoms with Crippen LogP contribution >= 0.6 is 11.3 Å². The van der Waals surface area contributed by atoms with E-state index in [0.717, 1.165) is 78.3 Å². The van der Waals surface area contributed by atoms with Crippen LogP contribution in [0, 0.1) is 0 Å². The molecule has 30 heavy (non-hydrogen) atoms. The second-order valence-corrected chi connectivity index (χ2v) is 8.11. The van der Waals surface area contributed by atoms with Crippen molar-refractivity contribution in [2.75, 3.05) is 45.1 Å². The molecule has 3 aromatic rings. The number of rotatable bonds is 13. The first-order valence-corrected chi connectivity index (χ1v) is 11.1. The highest BCUT2D eigenvalue weighted by atomic mass is 32.1. The predicted molar refractivity (Wildman–Crippen MR) is 124 cm³/mol. The number of benzene rings is 2. The Kier molecular flexibility index (Phi) is 8.70. The SMILES string of the molecule is Nc1ccccc1CCOCCNCCCNCCc1ccc(O)c2[nH]c(=O)sc12. The predicted octanol–water partition coefficient (Wildman–Crippen LogP) is 2.25. The van der Waals surface area contributed by atoms with E-state index in [-0.39, 0.29) is 10.6 Å². The molecule has 0 bridgehead atoms. The van der Waals surface area contributed by atoms with E-state index in [1.807, 2.05) is 30.3 Å². The maximum absolute atomic E-state index is 11.5. The number of aromatic amines is 1. The van der Waals surface area contributed by atoms with E-state index in [0.29, 0.717) is 18.7 Å². The molecule has 0 atom stereocenters. The average molecular weight is 431 g/mol. The molecule has 6 N–H and O–H groups in total. The van der Waals surface area contributed by atoms with E-state index in [1.165, 1.54) is 0 Å². The fourth-order valence-corrected chi connectivity index (χ4v) is 4.17. The Morgan fingerprint density at radius 1 is 0.967 bits per heavy atom. The summed E-state index contributed by atoms with van der Waals surface area (Å²) < 4.78 is 6.50. The highest BCUT2D eigenvalue weighted by Crippen LogP contribution is 2.27. The zero-order valence-corrected chi connectivity index (χ0v) is 17.9. The summed E-state index contributed by atoms with van der Waals surface area (Å²) in [7, 11) is 0. The number of ether oxygens (including phenoxy) is 1. The number of aromatic nitrogens is 1. The van der Waals surface area contributed by atoms with Crippen LogP contribution in [-0.4, -0.2) is 49.5 Å². The Balaban J connectivity index is 1.19. The van der Waals surface area contributed by atoms with Crippen molar-refractivity contribution in [1.82, 2.24) is 15.6 Å². The van der Waals surface area contributed by atoms with Gasteiger partial charge in [-0.05, 0) is 62.2 Å². The van der Waals surface area contributed by atoms with Gasteiger partial charge in [0.05, 0.1) is 17.9 Å². The number of fused-ring (bicyclic) bond motifs is 1. The zero-order valence-electron chi connectivity index (χ0n) is 17.1. The van der Waals surface area contributed by atoms with Crippen LogP contribution in [0.1, 0.15) is 17.5 Å². The third-order valence-electron chi connectivity index (χ3n) is 4.91. The van der Waals surface area contributed by atoms with Crippen molar-refractivity contribution in [3.8, 4) is 5.75 Å². The number of hydrogen-bond acceptors (Lipinski definition) is 7. The van der Waals surface area contributed by atoms with Crippen LogP contribution in [0.5, 0.6) is 5.75 Å². The minimum absolute atomic E-state index is 0.124. The van der Waals surface area contributed by atoms with Gasteiger partial charge in [-0.2, -0.15) is 0 Å². The van der Waals surface area contributed by atoms with E-state index >= 15 is 0 Å². The van der Waals surface area contributed by atoms with Crippen molar-refractivity contribution in [3.05, 3.63) is 57.2 Å². The third kappa shape index (κ3) is 6.56. The molecule has 0 amide bonds. The first kappa shape index (κ1) is 22.3. The van der Waals surface area contributed by atoms with Crippen LogP contribution in [0.15, 0.2) is 41.2 Å². The number of phenolic OH excluding ortho intramolecular Hbond substituents is 1.